The number of nitrogens with one attached hydrogen (secondary N) is 2. The van der Waals surface area contributed by atoms with Crippen LogP contribution in [-0.2, 0) is 13.1 Å². The van der Waals surface area contributed by atoms with Gasteiger partial charge in [0.1, 0.15) is 17.2 Å². The normalized spacial score (nSPS) is 11.2. The van der Waals surface area contributed by atoms with Gasteiger partial charge in [0, 0.05) is 44.2 Å². The van der Waals surface area contributed by atoms with Crippen molar-refractivity contribution in [1.29, 1.82) is 0 Å². The van der Waals surface area contributed by atoms with E-state index in [9.17, 15) is 0 Å². The quantitative estimate of drug-likeness (QED) is 0.530. The minimum atomic E-state index is 0.426. The average Bonchev–Trinajstić information content (AvgIpc) is 3.18. The van der Waals surface area contributed by atoms with E-state index in [0.717, 1.165) is 31.2 Å². The van der Waals surface area contributed by atoms with E-state index in [1.165, 1.54) is 0 Å². The van der Waals surface area contributed by atoms with Gasteiger partial charge < -0.3 is 29.4 Å². The highest BCUT2D eigenvalue weighted by Gasteiger charge is 2.13. The van der Waals surface area contributed by atoms with Gasteiger partial charge in [0.05, 0.1) is 33.4 Å². The van der Waals surface area contributed by atoms with E-state index in [-0.39, 0.29) is 0 Å². The van der Waals surface area contributed by atoms with Gasteiger partial charge >= 0.3 is 0 Å². The van der Waals surface area contributed by atoms with Crippen molar-refractivity contribution in [2.24, 2.45) is 4.99 Å². The molecule has 2 N–H and O–H groups in total. The molecule has 1 aromatic heterocycles. The zero-order valence-electron chi connectivity index (χ0n) is 15.9. The summed E-state index contributed by atoms with van der Waals surface area (Å²) in [7, 11) is 4.87. The minimum absolute atomic E-state index is 0.426. The number of aliphatic imine (C=N–C) groups is 1. The zero-order valence-corrected chi connectivity index (χ0v) is 15.9. The van der Waals surface area contributed by atoms with Gasteiger partial charge in [0.25, 0.3) is 0 Å². The Morgan fingerprint density at radius 1 is 1.00 bits per heavy atom. The Bertz CT molecular complexity index is 674. The smallest absolute Gasteiger partial charge is 0.191 e. The van der Waals surface area contributed by atoms with E-state index < -0.39 is 0 Å². The van der Waals surface area contributed by atoms with Gasteiger partial charge in [-0.2, -0.15) is 0 Å². The van der Waals surface area contributed by atoms with Crippen molar-refractivity contribution in [3.05, 3.63) is 42.2 Å². The summed E-state index contributed by atoms with van der Waals surface area (Å²) in [5.74, 6) is 2.81. The topological polar surface area (TPSA) is 69.0 Å². The lowest BCUT2D eigenvalue weighted by Gasteiger charge is -2.15. The van der Waals surface area contributed by atoms with Crippen LogP contribution < -0.4 is 24.8 Å². The summed E-state index contributed by atoms with van der Waals surface area (Å²) in [5, 5.41) is 6.59. The average molecular weight is 360 g/mol. The molecule has 7 heteroatoms. The summed E-state index contributed by atoms with van der Waals surface area (Å²) < 4.78 is 18.4. The standard InChI is InChI=1S/C19H28N4O3/c1-5-20-19(21-8-11-23-9-6-7-10-23)22-14-16-17(25-3)12-15(24-2)13-18(16)26-4/h6-7,9-10,12-13H,5,8,11,14H2,1-4H3,(H2,20,21,22). The van der Waals surface area contributed by atoms with Crippen LogP contribution in [0.3, 0.4) is 0 Å². The second-order valence-electron chi connectivity index (χ2n) is 5.55. The van der Waals surface area contributed by atoms with Gasteiger partial charge in [-0.25, -0.2) is 4.99 Å². The van der Waals surface area contributed by atoms with Gasteiger partial charge in [0.15, 0.2) is 5.96 Å². The summed E-state index contributed by atoms with van der Waals surface area (Å²) in [6, 6.07) is 7.70. The van der Waals surface area contributed by atoms with Crippen molar-refractivity contribution < 1.29 is 14.2 Å². The molecule has 2 aromatic rings. The zero-order chi connectivity index (χ0) is 18.8. The Kier molecular flexibility index (Phi) is 7.67. The van der Waals surface area contributed by atoms with Crippen LogP contribution in [0.4, 0.5) is 0 Å². The molecule has 26 heavy (non-hydrogen) atoms. The molecule has 1 aromatic carbocycles. The molecule has 142 valence electrons. The van der Waals surface area contributed by atoms with E-state index in [4.69, 9.17) is 14.2 Å². The fraction of sp³-hybridized carbons (Fsp3) is 0.421. The molecule has 0 spiro atoms. The number of rotatable bonds is 9. The predicted molar refractivity (Wildman–Crippen MR) is 103 cm³/mol. The van der Waals surface area contributed by atoms with Crippen LogP contribution in [-0.4, -0.2) is 44.9 Å². The lowest BCUT2D eigenvalue weighted by atomic mass is 10.1. The number of hydrogen-bond donors (Lipinski definition) is 2. The van der Waals surface area contributed by atoms with E-state index in [0.29, 0.717) is 23.8 Å². The molecule has 0 saturated heterocycles. The lowest BCUT2D eigenvalue weighted by Crippen LogP contribution is -2.38. The fourth-order valence-electron chi connectivity index (χ4n) is 2.56. The molecule has 0 unspecified atom stereocenters. The molecular weight excluding hydrogens is 332 g/mol. The van der Waals surface area contributed by atoms with Crippen LogP contribution in [0.5, 0.6) is 17.2 Å². The molecule has 0 bridgehead atoms. The van der Waals surface area contributed by atoms with Crippen molar-refractivity contribution in [2.45, 2.75) is 20.0 Å². The number of guanidine groups is 1. The number of methoxy groups -OCH3 is 3. The molecule has 2 rings (SSSR count). The molecule has 0 saturated carbocycles. The number of nitrogens with zero attached hydrogens (tertiary/aromatic N) is 2. The maximum absolute atomic E-state index is 5.48. The van der Waals surface area contributed by atoms with E-state index in [2.05, 4.69) is 20.2 Å². The fourth-order valence-corrected chi connectivity index (χ4v) is 2.56. The lowest BCUT2D eigenvalue weighted by molar-refractivity contribution is 0.369. The summed E-state index contributed by atoms with van der Waals surface area (Å²) >= 11 is 0. The molecule has 0 radical (unpaired) electrons. The maximum Gasteiger partial charge on any atom is 0.191 e. The van der Waals surface area contributed by atoms with E-state index >= 15 is 0 Å². The Labute approximate surface area is 155 Å². The summed E-state index contributed by atoms with van der Waals surface area (Å²) in [5.41, 5.74) is 0.874. The third-order valence-electron chi connectivity index (χ3n) is 3.89. The monoisotopic (exact) mass is 360 g/mol. The summed E-state index contributed by atoms with van der Waals surface area (Å²) in [4.78, 5) is 4.66. The largest absolute Gasteiger partial charge is 0.496 e. The third-order valence-corrected chi connectivity index (χ3v) is 3.89. The van der Waals surface area contributed by atoms with E-state index in [1.54, 1.807) is 21.3 Å². The molecule has 0 aliphatic rings. The summed E-state index contributed by atoms with van der Waals surface area (Å²) in [6.45, 7) is 4.89. The molecule has 0 aliphatic heterocycles. The SMILES string of the molecule is CCNC(=NCc1c(OC)cc(OC)cc1OC)NCCn1cccc1. The summed E-state index contributed by atoms with van der Waals surface area (Å²) in [6.07, 6.45) is 4.08. The van der Waals surface area contributed by atoms with E-state index in [1.807, 2.05) is 43.6 Å². The van der Waals surface area contributed by atoms with Crippen LogP contribution in [0.1, 0.15) is 12.5 Å². The van der Waals surface area contributed by atoms with Crippen molar-refractivity contribution in [2.75, 3.05) is 34.4 Å². The van der Waals surface area contributed by atoms with Gasteiger partial charge in [-0.3, -0.25) is 0 Å². The van der Waals surface area contributed by atoms with Crippen molar-refractivity contribution in [3.63, 3.8) is 0 Å². The first-order valence-corrected chi connectivity index (χ1v) is 8.63. The van der Waals surface area contributed by atoms with Crippen molar-refractivity contribution in [1.82, 2.24) is 15.2 Å². The number of aromatic nitrogens is 1. The van der Waals surface area contributed by atoms with Crippen LogP contribution >= 0.6 is 0 Å². The van der Waals surface area contributed by atoms with Crippen LogP contribution in [0.2, 0.25) is 0 Å². The third kappa shape index (κ3) is 5.34. The Balaban J connectivity index is 2.09. The van der Waals surface area contributed by atoms with Crippen molar-refractivity contribution >= 4 is 5.96 Å². The molecule has 7 nitrogen and oxygen atoms in total. The molecule has 1 heterocycles. The molecule has 0 amide bonds. The first-order valence-electron chi connectivity index (χ1n) is 8.63. The second-order valence-corrected chi connectivity index (χ2v) is 5.55. The van der Waals surface area contributed by atoms with Crippen molar-refractivity contribution in [3.8, 4) is 17.2 Å². The second kappa shape index (κ2) is 10.2. The van der Waals surface area contributed by atoms with Gasteiger partial charge in [-0.15, -0.1) is 0 Å². The molecule has 0 atom stereocenters. The highest BCUT2D eigenvalue weighted by Crippen LogP contribution is 2.34. The number of hydrogen-bond acceptors (Lipinski definition) is 4. The van der Waals surface area contributed by atoms with Crippen LogP contribution in [0.25, 0.3) is 0 Å². The van der Waals surface area contributed by atoms with Gasteiger partial charge in [-0.1, -0.05) is 0 Å². The number of benzene rings is 1. The first kappa shape index (κ1) is 19.5. The maximum atomic E-state index is 5.48. The van der Waals surface area contributed by atoms with Crippen LogP contribution in [0, 0.1) is 0 Å². The highest BCUT2D eigenvalue weighted by atomic mass is 16.5. The first-order chi connectivity index (χ1) is 12.7. The van der Waals surface area contributed by atoms with Gasteiger partial charge in [0.2, 0.25) is 0 Å². The molecule has 0 fully saturated rings. The molecule has 0 aliphatic carbocycles. The Hall–Kier alpha value is -2.83. The predicted octanol–water partition coefficient (Wildman–Crippen LogP) is 2.27. The number of ether oxygens (including phenoxy) is 3. The minimum Gasteiger partial charge on any atom is -0.496 e. The van der Waals surface area contributed by atoms with Crippen LogP contribution in [0.15, 0.2) is 41.7 Å². The molecular formula is C19H28N4O3. The van der Waals surface area contributed by atoms with Gasteiger partial charge in [-0.05, 0) is 19.1 Å². The Morgan fingerprint density at radius 2 is 1.65 bits per heavy atom. The highest BCUT2D eigenvalue weighted by molar-refractivity contribution is 5.79. The Morgan fingerprint density at radius 3 is 2.19 bits per heavy atom.